The van der Waals surface area contributed by atoms with Gasteiger partial charge in [-0.3, -0.25) is 4.99 Å². The van der Waals surface area contributed by atoms with Gasteiger partial charge in [-0.05, 0) is 12.1 Å². The summed E-state index contributed by atoms with van der Waals surface area (Å²) < 4.78 is 58.8. The van der Waals surface area contributed by atoms with Crippen LogP contribution >= 0.6 is 24.0 Å². The van der Waals surface area contributed by atoms with Crippen LogP contribution in [0.3, 0.4) is 0 Å². The van der Waals surface area contributed by atoms with Gasteiger partial charge in [0.05, 0.1) is 0 Å². The Morgan fingerprint density at radius 2 is 1.21 bits per heavy atom. The van der Waals surface area contributed by atoms with Gasteiger partial charge in [-0.1, -0.05) is 36.4 Å². The van der Waals surface area contributed by atoms with E-state index < -0.39 is 13.2 Å². The van der Waals surface area contributed by atoms with Gasteiger partial charge in [-0.2, -0.15) is 17.6 Å². The molecule has 5 nitrogen and oxygen atoms in total. The fourth-order valence-electron chi connectivity index (χ4n) is 2.30. The van der Waals surface area contributed by atoms with E-state index in [1.54, 1.807) is 36.4 Å². The molecule has 154 valence electrons. The second-order valence-electron chi connectivity index (χ2n) is 5.25. The second kappa shape index (κ2) is 12.3. The monoisotopic (exact) mass is 513 g/mol. The fourth-order valence-corrected chi connectivity index (χ4v) is 2.30. The number of benzene rings is 2. The summed E-state index contributed by atoms with van der Waals surface area (Å²) in [7, 11) is 1.53. The number of hydrogen-bond donors (Lipinski definition) is 2. The van der Waals surface area contributed by atoms with Crippen molar-refractivity contribution in [2.75, 3.05) is 7.05 Å². The molecule has 0 saturated carbocycles. The Hall–Kier alpha value is -2.24. The minimum atomic E-state index is -2.92. The summed E-state index contributed by atoms with van der Waals surface area (Å²) in [5.74, 6) is 0.478. The Morgan fingerprint density at radius 3 is 1.57 bits per heavy atom. The van der Waals surface area contributed by atoms with Crippen molar-refractivity contribution in [3.8, 4) is 11.5 Å². The van der Waals surface area contributed by atoms with Gasteiger partial charge in [-0.15, -0.1) is 24.0 Å². The van der Waals surface area contributed by atoms with Crippen molar-refractivity contribution >= 4 is 29.9 Å². The van der Waals surface area contributed by atoms with Crippen LogP contribution in [0.15, 0.2) is 53.5 Å². The molecular formula is C18H20F4IN3O2. The Morgan fingerprint density at radius 1 is 0.821 bits per heavy atom. The smallest absolute Gasteiger partial charge is 0.387 e. The lowest BCUT2D eigenvalue weighted by Crippen LogP contribution is -2.36. The van der Waals surface area contributed by atoms with Crippen molar-refractivity contribution in [1.29, 1.82) is 0 Å². The largest absolute Gasteiger partial charge is 0.434 e. The highest BCUT2D eigenvalue weighted by Gasteiger charge is 2.11. The van der Waals surface area contributed by atoms with Crippen LogP contribution in [0.5, 0.6) is 11.5 Å². The van der Waals surface area contributed by atoms with E-state index in [2.05, 4.69) is 25.1 Å². The molecular weight excluding hydrogens is 493 g/mol. The third kappa shape index (κ3) is 7.79. The summed E-state index contributed by atoms with van der Waals surface area (Å²) in [6.07, 6.45) is 0. The van der Waals surface area contributed by atoms with Crippen molar-refractivity contribution in [2.45, 2.75) is 26.3 Å². The maximum absolute atomic E-state index is 12.5. The van der Waals surface area contributed by atoms with Gasteiger partial charge in [-0.25, -0.2) is 0 Å². The molecule has 0 aliphatic heterocycles. The molecule has 0 radical (unpaired) electrons. The molecule has 0 aliphatic carbocycles. The first-order valence-corrected chi connectivity index (χ1v) is 7.99. The molecule has 0 bridgehead atoms. The first-order valence-electron chi connectivity index (χ1n) is 7.99. The maximum Gasteiger partial charge on any atom is 0.387 e. The Balaban J connectivity index is 0.00000392. The zero-order chi connectivity index (χ0) is 19.6. The van der Waals surface area contributed by atoms with Crippen LogP contribution in [0.4, 0.5) is 17.6 Å². The minimum Gasteiger partial charge on any atom is -0.434 e. The lowest BCUT2D eigenvalue weighted by atomic mass is 10.2. The average Bonchev–Trinajstić information content (AvgIpc) is 2.63. The van der Waals surface area contributed by atoms with Gasteiger partial charge < -0.3 is 20.1 Å². The number of nitrogens with one attached hydrogen (secondary N) is 2. The third-order valence-corrected chi connectivity index (χ3v) is 3.49. The molecule has 2 aromatic carbocycles. The average molecular weight is 513 g/mol. The molecule has 0 atom stereocenters. The van der Waals surface area contributed by atoms with Crippen LogP contribution < -0.4 is 20.1 Å². The van der Waals surface area contributed by atoms with Gasteiger partial charge >= 0.3 is 13.2 Å². The van der Waals surface area contributed by atoms with Crippen molar-refractivity contribution in [1.82, 2.24) is 10.6 Å². The maximum atomic E-state index is 12.5. The van der Waals surface area contributed by atoms with E-state index in [-0.39, 0.29) is 48.6 Å². The molecule has 0 aromatic heterocycles. The van der Waals surface area contributed by atoms with Crippen molar-refractivity contribution in [2.24, 2.45) is 4.99 Å². The van der Waals surface area contributed by atoms with E-state index in [9.17, 15) is 17.6 Å². The normalized spacial score (nSPS) is 10.2. The summed E-state index contributed by atoms with van der Waals surface area (Å²) in [4.78, 5) is 4.02. The lowest BCUT2D eigenvalue weighted by molar-refractivity contribution is -0.0511. The van der Waals surface area contributed by atoms with Crippen LogP contribution in [0, 0.1) is 0 Å². The SMILES string of the molecule is CN=C(NCc1ccccc1OC(F)F)NCc1ccccc1OC(F)F.I. The Bertz CT molecular complexity index is 704. The predicted octanol–water partition coefficient (Wildman–Crippen LogP) is 4.37. The number of alkyl halides is 4. The molecule has 2 N–H and O–H groups in total. The molecule has 0 fully saturated rings. The van der Waals surface area contributed by atoms with Gasteiger partial charge in [0, 0.05) is 31.3 Å². The van der Waals surface area contributed by atoms with Gasteiger partial charge in [0.1, 0.15) is 11.5 Å². The molecule has 0 spiro atoms. The van der Waals surface area contributed by atoms with E-state index in [0.29, 0.717) is 17.1 Å². The third-order valence-electron chi connectivity index (χ3n) is 3.49. The summed E-state index contributed by atoms with van der Waals surface area (Å²) >= 11 is 0. The molecule has 0 amide bonds. The van der Waals surface area contributed by atoms with Crippen LogP contribution in [0.2, 0.25) is 0 Å². The first-order chi connectivity index (χ1) is 13.0. The van der Waals surface area contributed by atoms with E-state index in [0.717, 1.165) is 0 Å². The molecule has 2 rings (SSSR count). The number of halogens is 5. The van der Waals surface area contributed by atoms with E-state index in [1.807, 2.05) is 0 Å². The topological polar surface area (TPSA) is 54.9 Å². The molecule has 10 heteroatoms. The van der Waals surface area contributed by atoms with Gasteiger partial charge in [0.15, 0.2) is 5.96 Å². The summed E-state index contributed by atoms with van der Waals surface area (Å²) in [6, 6.07) is 12.7. The first kappa shape index (κ1) is 23.8. The number of hydrogen-bond acceptors (Lipinski definition) is 3. The van der Waals surface area contributed by atoms with Gasteiger partial charge in [0.2, 0.25) is 0 Å². The van der Waals surface area contributed by atoms with Crippen LogP contribution in [-0.4, -0.2) is 26.2 Å². The quantitative estimate of drug-likeness (QED) is 0.238. The standard InChI is InChI=1S/C18H19F4N3O2.HI/c1-23-18(24-10-12-6-2-4-8-14(12)26-16(19)20)25-11-13-7-3-5-9-15(13)27-17(21)22;/h2-9,16-17H,10-11H2,1H3,(H2,23,24,25);1H. The zero-order valence-electron chi connectivity index (χ0n) is 14.9. The van der Waals surface area contributed by atoms with E-state index >= 15 is 0 Å². The summed E-state index contributed by atoms with van der Waals surface area (Å²) in [5, 5.41) is 5.91. The number of nitrogens with zero attached hydrogens (tertiary/aromatic N) is 1. The van der Waals surface area contributed by atoms with Crippen LogP contribution in [0.1, 0.15) is 11.1 Å². The second-order valence-corrected chi connectivity index (χ2v) is 5.25. The molecule has 0 aliphatic rings. The Kier molecular flexibility index (Phi) is 10.4. The number of guanidine groups is 1. The van der Waals surface area contributed by atoms with E-state index in [1.165, 1.54) is 19.2 Å². The predicted molar refractivity (Wildman–Crippen MR) is 109 cm³/mol. The molecule has 0 unspecified atom stereocenters. The molecule has 28 heavy (non-hydrogen) atoms. The molecule has 0 saturated heterocycles. The van der Waals surface area contributed by atoms with Crippen molar-refractivity contribution in [3.05, 3.63) is 59.7 Å². The number of aliphatic imine (C=N–C) groups is 1. The van der Waals surface area contributed by atoms with Crippen molar-refractivity contribution in [3.63, 3.8) is 0 Å². The highest BCUT2D eigenvalue weighted by atomic mass is 127. The van der Waals surface area contributed by atoms with Gasteiger partial charge in [0.25, 0.3) is 0 Å². The minimum absolute atomic E-state index is 0. The summed E-state index contributed by atoms with van der Waals surface area (Å²) in [5.41, 5.74) is 1.03. The van der Waals surface area contributed by atoms with E-state index in [4.69, 9.17) is 0 Å². The Labute approximate surface area is 177 Å². The molecule has 0 heterocycles. The van der Waals surface area contributed by atoms with Crippen LogP contribution in [0.25, 0.3) is 0 Å². The highest BCUT2D eigenvalue weighted by molar-refractivity contribution is 14.0. The number of rotatable bonds is 8. The zero-order valence-corrected chi connectivity index (χ0v) is 17.2. The number of ether oxygens (including phenoxy) is 2. The van der Waals surface area contributed by atoms with Crippen molar-refractivity contribution < 1.29 is 27.0 Å². The lowest BCUT2D eigenvalue weighted by Gasteiger charge is -2.16. The fraction of sp³-hybridized carbons (Fsp3) is 0.278. The van der Waals surface area contributed by atoms with Crippen LogP contribution in [-0.2, 0) is 13.1 Å². The highest BCUT2D eigenvalue weighted by Crippen LogP contribution is 2.21. The molecule has 2 aromatic rings. The number of para-hydroxylation sites is 2. The summed E-state index contributed by atoms with van der Waals surface area (Å²) in [6.45, 7) is -5.49.